The molecule has 31 heavy (non-hydrogen) atoms. The summed E-state index contributed by atoms with van der Waals surface area (Å²) >= 11 is 0. The topological polar surface area (TPSA) is 111 Å². The van der Waals surface area contributed by atoms with Crippen LogP contribution in [-0.4, -0.2) is 26.8 Å². The van der Waals surface area contributed by atoms with Crippen LogP contribution >= 0.6 is 0 Å². The Labute approximate surface area is 179 Å². The van der Waals surface area contributed by atoms with Gasteiger partial charge in [-0.2, -0.15) is 0 Å². The Kier molecular flexibility index (Phi) is 5.49. The van der Waals surface area contributed by atoms with E-state index in [1.165, 1.54) is 12.1 Å². The molecule has 2 aromatic heterocycles. The maximum Gasteiger partial charge on any atom is 0.250 e. The van der Waals surface area contributed by atoms with Crippen LogP contribution in [0.1, 0.15) is 47.3 Å². The number of halogens is 1. The molecule has 0 unspecified atom stereocenters. The fraction of sp³-hybridized carbons (Fsp3) is 0.348. The van der Waals surface area contributed by atoms with Gasteiger partial charge in [0.05, 0.1) is 16.9 Å². The second kappa shape index (κ2) is 8.11. The SMILES string of the molecule is Cc1cc(COc2nc(C[C@@](C)(O)C3CC3)c(C(N)=O)cc2-c2ccc(F)cc2)no1. The lowest BCUT2D eigenvalue weighted by atomic mass is 9.91. The van der Waals surface area contributed by atoms with Crippen LogP contribution in [0.2, 0.25) is 0 Å². The summed E-state index contributed by atoms with van der Waals surface area (Å²) in [7, 11) is 0. The molecule has 3 aromatic rings. The van der Waals surface area contributed by atoms with Crippen molar-refractivity contribution in [3.8, 4) is 17.0 Å². The van der Waals surface area contributed by atoms with Gasteiger partial charge in [-0.15, -0.1) is 0 Å². The highest BCUT2D eigenvalue weighted by Crippen LogP contribution is 2.42. The van der Waals surface area contributed by atoms with E-state index in [0.717, 1.165) is 12.8 Å². The summed E-state index contributed by atoms with van der Waals surface area (Å²) in [4.78, 5) is 16.8. The lowest BCUT2D eigenvalue weighted by molar-refractivity contribution is 0.0359. The summed E-state index contributed by atoms with van der Waals surface area (Å²) in [5.74, 6) is 0.00399. The molecule has 0 aliphatic heterocycles. The van der Waals surface area contributed by atoms with Crippen LogP contribution in [0.5, 0.6) is 5.88 Å². The third-order valence-corrected chi connectivity index (χ3v) is 5.50. The highest BCUT2D eigenvalue weighted by molar-refractivity contribution is 5.95. The number of hydrogen-bond acceptors (Lipinski definition) is 6. The van der Waals surface area contributed by atoms with Crippen molar-refractivity contribution in [3.63, 3.8) is 0 Å². The molecule has 0 saturated heterocycles. The number of amides is 1. The van der Waals surface area contributed by atoms with Gasteiger partial charge >= 0.3 is 0 Å². The monoisotopic (exact) mass is 425 g/mol. The van der Waals surface area contributed by atoms with Crippen LogP contribution in [0.4, 0.5) is 4.39 Å². The molecule has 0 spiro atoms. The molecule has 7 nitrogen and oxygen atoms in total. The molecule has 3 N–H and O–H groups in total. The Balaban J connectivity index is 1.76. The molecular weight excluding hydrogens is 401 g/mol. The third-order valence-electron chi connectivity index (χ3n) is 5.50. The van der Waals surface area contributed by atoms with Gasteiger partial charge in [0.25, 0.3) is 5.91 Å². The van der Waals surface area contributed by atoms with Gasteiger partial charge < -0.3 is 20.1 Å². The molecule has 1 atom stereocenters. The lowest BCUT2D eigenvalue weighted by Gasteiger charge is -2.24. The quantitative estimate of drug-likeness (QED) is 0.571. The van der Waals surface area contributed by atoms with Gasteiger partial charge in [0, 0.05) is 18.1 Å². The highest BCUT2D eigenvalue weighted by atomic mass is 19.1. The van der Waals surface area contributed by atoms with Gasteiger partial charge in [-0.25, -0.2) is 9.37 Å². The van der Waals surface area contributed by atoms with E-state index in [0.29, 0.717) is 28.3 Å². The van der Waals surface area contributed by atoms with Crippen molar-refractivity contribution in [3.05, 3.63) is 64.9 Å². The molecule has 1 aliphatic rings. The number of ether oxygens (including phenoxy) is 1. The first-order valence-electron chi connectivity index (χ1n) is 10.1. The Bertz CT molecular complexity index is 1100. The zero-order chi connectivity index (χ0) is 22.2. The van der Waals surface area contributed by atoms with E-state index in [1.54, 1.807) is 38.1 Å². The molecule has 0 radical (unpaired) electrons. The van der Waals surface area contributed by atoms with Gasteiger partial charge in [-0.05, 0) is 56.4 Å². The molecule has 2 heterocycles. The number of rotatable bonds is 8. The van der Waals surface area contributed by atoms with E-state index in [9.17, 15) is 14.3 Å². The molecule has 1 amide bonds. The normalized spacial score (nSPS) is 15.5. The fourth-order valence-corrected chi connectivity index (χ4v) is 3.64. The Morgan fingerprint density at radius 2 is 2.03 bits per heavy atom. The van der Waals surface area contributed by atoms with Crippen LogP contribution in [-0.2, 0) is 13.0 Å². The maximum absolute atomic E-state index is 13.4. The van der Waals surface area contributed by atoms with E-state index < -0.39 is 11.5 Å². The number of carbonyl (C=O) groups is 1. The second-order valence-corrected chi connectivity index (χ2v) is 8.23. The number of benzene rings is 1. The number of hydrogen-bond donors (Lipinski definition) is 2. The lowest BCUT2D eigenvalue weighted by Crippen LogP contribution is -2.32. The van der Waals surface area contributed by atoms with Crippen molar-refractivity contribution >= 4 is 5.91 Å². The molecule has 162 valence electrons. The minimum Gasteiger partial charge on any atom is -0.471 e. The van der Waals surface area contributed by atoms with E-state index in [2.05, 4.69) is 10.1 Å². The fourth-order valence-electron chi connectivity index (χ4n) is 3.64. The van der Waals surface area contributed by atoms with Crippen molar-refractivity contribution in [2.24, 2.45) is 11.7 Å². The molecule has 1 saturated carbocycles. The standard InChI is InChI=1S/C23H24FN3O4/c1-13-9-17(27-31-13)12-30-22-18(14-3-7-16(24)8-4-14)10-19(21(25)28)20(26-22)11-23(2,29)15-5-6-15/h3-4,7-10,15,29H,5-6,11-12H2,1-2H3,(H2,25,28)/t23-/m1/s1. The average Bonchev–Trinajstić information content (AvgIpc) is 3.50. The first-order chi connectivity index (χ1) is 14.7. The summed E-state index contributed by atoms with van der Waals surface area (Å²) in [6.07, 6.45) is 2.03. The number of pyridine rings is 1. The predicted molar refractivity (Wildman–Crippen MR) is 111 cm³/mol. The zero-order valence-electron chi connectivity index (χ0n) is 17.4. The number of nitrogens with two attached hydrogens (primary N) is 1. The van der Waals surface area contributed by atoms with E-state index in [-0.39, 0.29) is 36.2 Å². The number of primary amides is 1. The summed E-state index contributed by atoms with van der Waals surface area (Å²) < 4.78 is 24.4. The Morgan fingerprint density at radius 1 is 1.32 bits per heavy atom. The summed E-state index contributed by atoms with van der Waals surface area (Å²) in [5, 5.41) is 14.7. The van der Waals surface area contributed by atoms with Gasteiger partial charge in [0.1, 0.15) is 23.9 Å². The number of aliphatic hydroxyl groups is 1. The average molecular weight is 425 g/mol. The second-order valence-electron chi connectivity index (χ2n) is 8.23. The first kappa shape index (κ1) is 21.0. The van der Waals surface area contributed by atoms with Crippen molar-refractivity contribution < 1.29 is 23.6 Å². The molecule has 1 aromatic carbocycles. The minimum absolute atomic E-state index is 0.0902. The molecule has 0 bridgehead atoms. The number of aromatic nitrogens is 2. The molecule has 4 rings (SSSR count). The largest absolute Gasteiger partial charge is 0.471 e. The maximum atomic E-state index is 13.4. The molecular formula is C23H24FN3O4. The van der Waals surface area contributed by atoms with E-state index >= 15 is 0 Å². The van der Waals surface area contributed by atoms with Crippen molar-refractivity contribution in [2.75, 3.05) is 0 Å². The van der Waals surface area contributed by atoms with Gasteiger partial charge in [-0.3, -0.25) is 4.79 Å². The van der Waals surface area contributed by atoms with Gasteiger partial charge in [-0.1, -0.05) is 17.3 Å². The molecule has 8 heteroatoms. The van der Waals surface area contributed by atoms with Crippen LogP contribution in [0.3, 0.4) is 0 Å². The van der Waals surface area contributed by atoms with E-state index in [4.69, 9.17) is 15.0 Å². The minimum atomic E-state index is -1.00. The highest BCUT2D eigenvalue weighted by Gasteiger charge is 2.41. The number of aryl methyl sites for hydroxylation is 1. The van der Waals surface area contributed by atoms with Crippen molar-refractivity contribution in [2.45, 2.75) is 45.3 Å². The van der Waals surface area contributed by atoms with Gasteiger partial charge in [0.15, 0.2) is 0 Å². The third kappa shape index (κ3) is 4.74. The summed E-state index contributed by atoms with van der Waals surface area (Å²) in [5.41, 5.74) is 6.87. The Morgan fingerprint density at radius 3 is 2.61 bits per heavy atom. The Hall–Kier alpha value is -3.26. The number of nitrogens with zero attached hydrogens (tertiary/aromatic N) is 2. The predicted octanol–water partition coefficient (Wildman–Crippen LogP) is 3.57. The van der Waals surface area contributed by atoms with Crippen molar-refractivity contribution in [1.82, 2.24) is 10.1 Å². The first-order valence-corrected chi connectivity index (χ1v) is 10.1. The smallest absolute Gasteiger partial charge is 0.250 e. The van der Waals surface area contributed by atoms with Crippen LogP contribution in [0.15, 0.2) is 40.9 Å². The summed E-state index contributed by atoms with van der Waals surface area (Å²) in [6, 6.07) is 9.11. The molecule has 1 fully saturated rings. The van der Waals surface area contributed by atoms with Crippen molar-refractivity contribution in [1.29, 1.82) is 0 Å². The zero-order valence-corrected chi connectivity index (χ0v) is 17.4. The van der Waals surface area contributed by atoms with E-state index in [1.807, 2.05) is 0 Å². The summed E-state index contributed by atoms with van der Waals surface area (Å²) in [6.45, 7) is 3.61. The van der Waals surface area contributed by atoms with Gasteiger partial charge in [0.2, 0.25) is 5.88 Å². The van der Waals surface area contributed by atoms with Crippen LogP contribution in [0.25, 0.3) is 11.1 Å². The number of carbonyl (C=O) groups excluding carboxylic acids is 1. The van der Waals surface area contributed by atoms with Crippen LogP contribution in [0, 0.1) is 18.7 Å². The van der Waals surface area contributed by atoms with Crippen LogP contribution < -0.4 is 10.5 Å². The molecule has 1 aliphatic carbocycles.